The van der Waals surface area contributed by atoms with Gasteiger partial charge in [-0.2, -0.15) is 0 Å². The molecule has 0 aromatic heterocycles. The van der Waals surface area contributed by atoms with Crippen LogP contribution in [0.3, 0.4) is 0 Å². The van der Waals surface area contributed by atoms with Crippen LogP contribution in [0, 0.1) is 11.8 Å². The number of allylic oxidation sites excluding steroid dienone is 2. The smallest absolute Gasteiger partial charge is 0.303 e. The third-order valence-corrected chi connectivity index (χ3v) is 6.23. The fraction of sp³-hybridized carbons (Fsp3) is 0.478. The zero-order valence-electron chi connectivity index (χ0n) is 17.6. The van der Waals surface area contributed by atoms with Crippen LogP contribution in [0.2, 0.25) is 0 Å². The topological polar surface area (TPSA) is 71.1 Å². The lowest BCUT2D eigenvalue weighted by atomic mass is 9.78. The molecule has 0 amide bonds. The molecule has 0 heterocycles. The number of rotatable bonds is 7. The van der Waals surface area contributed by atoms with E-state index in [0.717, 1.165) is 5.56 Å². The quantitative estimate of drug-likeness (QED) is 0.516. The number of carbonyl (C=O) groups excluding carboxylic acids is 2. The van der Waals surface area contributed by atoms with Crippen LogP contribution in [0.15, 0.2) is 42.5 Å². The van der Waals surface area contributed by atoms with E-state index >= 15 is 0 Å². The van der Waals surface area contributed by atoms with Crippen LogP contribution in [0.25, 0.3) is 0 Å². The van der Waals surface area contributed by atoms with E-state index in [1.54, 1.807) is 27.4 Å². The molecule has 29 heavy (non-hydrogen) atoms. The van der Waals surface area contributed by atoms with Gasteiger partial charge in [0.05, 0.1) is 20.1 Å². The van der Waals surface area contributed by atoms with Gasteiger partial charge in [-0.05, 0) is 35.8 Å². The van der Waals surface area contributed by atoms with Gasteiger partial charge in [-0.3, -0.25) is 9.59 Å². The summed E-state index contributed by atoms with van der Waals surface area (Å²) in [5.74, 6) is -0.160. The largest absolute Gasteiger partial charge is 0.493 e. The number of benzene rings is 1. The van der Waals surface area contributed by atoms with E-state index in [1.807, 2.05) is 31.2 Å². The predicted molar refractivity (Wildman–Crippen MR) is 108 cm³/mol. The molecule has 156 valence electrons. The van der Waals surface area contributed by atoms with E-state index < -0.39 is 23.6 Å². The number of ketones is 1. The molecule has 2 bridgehead atoms. The Morgan fingerprint density at radius 2 is 1.86 bits per heavy atom. The van der Waals surface area contributed by atoms with Crippen molar-refractivity contribution in [1.82, 2.24) is 0 Å². The van der Waals surface area contributed by atoms with Gasteiger partial charge in [0.25, 0.3) is 0 Å². The van der Waals surface area contributed by atoms with Crippen molar-refractivity contribution in [2.75, 3.05) is 21.3 Å². The lowest BCUT2D eigenvalue weighted by Crippen LogP contribution is -2.50. The SMILES string of the molecule is C=CCC1=C[C@@]2(OC)[C@@H](C)C(c3ccc(OC)c(OC)c3)[C@@H](C1=O)[C@@H]2OC(C)=O. The van der Waals surface area contributed by atoms with Crippen LogP contribution < -0.4 is 9.47 Å². The van der Waals surface area contributed by atoms with Gasteiger partial charge in [-0.1, -0.05) is 19.1 Å². The molecule has 1 aromatic carbocycles. The summed E-state index contributed by atoms with van der Waals surface area (Å²) in [7, 11) is 4.75. The first kappa shape index (κ1) is 21.1. The van der Waals surface area contributed by atoms with Crippen LogP contribution in [-0.4, -0.2) is 44.8 Å². The summed E-state index contributed by atoms with van der Waals surface area (Å²) in [4.78, 5) is 25.3. The monoisotopic (exact) mass is 400 g/mol. The Bertz CT molecular complexity index is 857. The van der Waals surface area contributed by atoms with Gasteiger partial charge in [0, 0.05) is 25.9 Å². The van der Waals surface area contributed by atoms with Crippen molar-refractivity contribution >= 4 is 11.8 Å². The minimum absolute atomic E-state index is 0.0343. The molecule has 0 saturated heterocycles. The highest BCUT2D eigenvalue weighted by molar-refractivity contribution is 6.01. The molecule has 0 spiro atoms. The molecule has 0 N–H and O–H groups in total. The van der Waals surface area contributed by atoms with Crippen LogP contribution in [0.1, 0.15) is 31.7 Å². The highest BCUT2D eigenvalue weighted by atomic mass is 16.6. The van der Waals surface area contributed by atoms with Gasteiger partial charge >= 0.3 is 5.97 Å². The van der Waals surface area contributed by atoms with Gasteiger partial charge in [0.15, 0.2) is 17.3 Å². The van der Waals surface area contributed by atoms with E-state index in [1.165, 1.54) is 6.92 Å². The predicted octanol–water partition coefficient (Wildman–Crippen LogP) is 3.46. The Kier molecular flexibility index (Phi) is 5.85. The molecular weight excluding hydrogens is 372 g/mol. The van der Waals surface area contributed by atoms with Crippen molar-refractivity contribution in [3.8, 4) is 11.5 Å². The second kappa shape index (κ2) is 8.03. The maximum absolute atomic E-state index is 13.4. The molecule has 3 rings (SSSR count). The number of Topliss-reactive ketones (excluding diaryl/α,β-unsaturated/α-hetero) is 1. The maximum Gasteiger partial charge on any atom is 0.303 e. The van der Waals surface area contributed by atoms with Gasteiger partial charge in [0.1, 0.15) is 11.7 Å². The maximum atomic E-state index is 13.4. The Morgan fingerprint density at radius 1 is 1.17 bits per heavy atom. The van der Waals surface area contributed by atoms with E-state index in [0.29, 0.717) is 23.5 Å². The molecule has 1 aromatic rings. The average Bonchev–Trinajstić information content (AvgIpc) is 2.88. The van der Waals surface area contributed by atoms with E-state index in [4.69, 9.17) is 18.9 Å². The third kappa shape index (κ3) is 3.25. The van der Waals surface area contributed by atoms with Crippen molar-refractivity contribution in [3.63, 3.8) is 0 Å². The Balaban J connectivity index is 2.17. The Labute approximate surface area is 171 Å². The average molecular weight is 400 g/mol. The molecule has 2 aliphatic carbocycles. The molecule has 1 fully saturated rings. The number of fused-ring (bicyclic) bond motifs is 2. The van der Waals surface area contributed by atoms with E-state index in [2.05, 4.69) is 6.58 Å². The third-order valence-electron chi connectivity index (χ3n) is 6.23. The Morgan fingerprint density at radius 3 is 2.41 bits per heavy atom. The number of methoxy groups -OCH3 is 3. The fourth-order valence-electron chi connectivity index (χ4n) is 4.97. The number of ether oxygens (including phenoxy) is 4. The van der Waals surface area contributed by atoms with Crippen molar-refractivity contribution in [1.29, 1.82) is 0 Å². The number of esters is 1. The number of hydrogen-bond donors (Lipinski definition) is 0. The number of carbonyl (C=O) groups is 2. The molecule has 6 heteroatoms. The highest BCUT2D eigenvalue weighted by Crippen LogP contribution is 2.58. The first-order valence-corrected chi connectivity index (χ1v) is 9.65. The van der Waals surface area contributed by atoms with Crippen LogP contribution in [0.4, 0.5) is 0 Å². The summed E-state index contributed by atoms with van der Waals surface area (Å²) < 4.78 is 22.5. The summed E-state index contributed by atoms with van der Waals surface area (Å²) in [5.41, 5.74) is 0.670. The van der Waals surface area contributed by atoms with Gasteiger partial charge < -0.3 is 18.9 Å². The lowest BCUT2D eigenvalue weighted by molar-refractivity contribution is -0.166. The number of hydrogen-bond acceptors (Lipinski definition) is 6. The Hall–Kier alpha value is -2.60. The zero-order valence-corrected chi connectivity index (χ0v) is 17.6. The first-order valence-electron chi connectivity index (χ1n) is 9.65. The van der Waals surface area contributed by atoms with Crippen molar-refractivity contribution in [2.45, 2.75) is 37.9 Å². The van der Waals surface area contributed by atoms with E-state index in [-0.39, 0.29) is 17.6 Å². The summed E-state index contributed by atoms with van der Waals surface area (Å²) >= 11 is 0. The second-order valence-electron chi connectivity index (χ2n) is 7.57. The molecule has 0 aliphatic heterocycles. The van der Waals surface area contributed by atoms with Gasteiger partial charge in [-0.25, -0.2) is 0 Å². The van der Waals surface area contributed by atoms with Gasteiger partial charge in [0.2, 0.25) is 0 Å². The summed E-state index contributed by atoms with van der Waals surface area (Å²) in [6.07, 6.45) is 3.29. The van der Waals surface area contributed by atoms with Crippen LogP contribution >= 0.6 is 0 Å². The fourth-order valence-corrected chi connectivity index (χ4v) is 4.97. The molecule has 0 radical (unpaired) electrons. The molecule has 1 unspecified atom stereocenters. The first-order chi connectivity index (χ1) is 13.8. The van der Waals surface area contributed by atoms with Crippen molar-refractivity contribution in [3.05, 3.63) is 48.1 Å². The summed E-state index contributed by atoms with van der Waals surface area (Å²) in [5, 5.41) is 0. The normalized spacial score (nSPS) is 30.5. The lowest BCUT2D eigenvalue weighted by Gasteiger charge is -2.38. The van der Waals surface area contributed by atoms with Crippen molar-refractivity contribution < 1.29 is 28.5 Å². The highest BCUT2D eigenvalue weighted by Gasteiger charge is 2.65. The van der Waals surface area contributed by atoms with Gasteiger partial charge in [-0.15, -0.1) is 6.58 Å². The summed E-state index contributed by atoms with van der Waals surface area (Å²) in [6, 6.07) is 5.64. The molecule has 1 saturated carbocycles. The molecule has 6 nitrogen and oxygen atoms in total. The minimum atomic E-state index is -0.888. The standard InChI is InChI=1S/C23H28O6/c1-7-8-16-12-23(28-6)13(2)19(20(21(16)25)22(23)29-14(3)24)15-9-10-17(26-4)18(11-15)27-5/h7,9-13,19-20,22H,1,8H2,2-6H3/t13-,19?,20-,22-,23+/m0/s1. The van der Waals surface area contributed by atoms with E-state index in [9.17, 15) is 9.59 Å². The van der Waals surface area contributed by atoms with Crippen LogP contribution in [-0.2, 0) is 19.1 Å². The van der Waals surface area contributed by atoms with Crippen molar-refractivity contribution in [2.24, 2.45) is 11.8 Å². The molecular formula is C23H28O6. The summed E-state index contributed by atoms with van der Waals surface area (Å²) in [6.45, 7) is 7.15. The van der Waals surface area contributed by atoms with Crippen LogP contribution in [0.5, 0.6) is 11.5 Å². The minimum Gasteiger partial charge on any atom is -0.493 e. The molecule has 2 aliphatic rings. The molecule has 5 atom stereocenters. The second-order valence-corrected chi connectivity index (χ2v) is 7.57. The zero-order chi connectivity index (χ0) is 21.3.